The molecule has 1 atom stereocenters. The Morgan fingerprint density at radius 1 is 1.29 bits per heavy atom. The van der Waals surface area contributed by atoms with E-state index in [-0.39, 0.29) is 12.2 Å². The second-order valence-electron chi connectivity index (χ2n) is 3.90. The number of halogens is 4. The predicted octanol–water partition coefficient (Wildman–Crippen LogP) is 2.70. The third-order valence-corrected chi connectivity index (χ3v) is 2.32. The molecule has 0 aliphatic heterocycles. The number of alkyl halides is 3. The van der Waals surface area contributed by atoms with Crippen molar-refractivity contribution in [2.24, 2.45) is 0 Å². The van der Waals surface area contributed by atoms with E-state index >= 15 is 0 Å². The van der Waals surface area contributed by atoms with Crippen LogP contribution in [0.25, 0.3) is 0 Å². The summed E-state index contributed by atoms with van der Waals surface area (Å²) < 4.78 is 55.0. The Kier molecular flexibility index (Phi) is 3.78. The summed E-state index contributed by atoms with van der Waals surface area (Å²) in [5.41, 5.74) is -3.04. The van der Waals surface area contributed by atoms with Gasteiger partial charge in [-0.3, -0.25) is 0 Å². The van der Waals surface area contributed by atoms with Gasteiger partial charge in [-0.25, -0.2) is 4.39 Å². The molecule has 1 aromatic carbocycles. The van der Waals surface area contributed by atoms with Crippen molar-refractivity contribution in [2.75, 3.05) is 13.7 Å². The Labute approximate surface area is 95.8 Å². The molecule has 0 aliphatic carbocycles. The fourth-order valence-corrected chi connectivity index (χ4v) is 1.44. The Morgan fingerprint density at radius 2 is 1.88 bits per heavy atom. The molecule has 0 amide bonds. The largest absolute Gasteiger partial charge is 0.419 e. The van der Waals surface area contributed by atoms with Crippen molar-refractivity contribution < 1.29 is 27.4 Å². The lowest BCUT2D eigenvalue weighted by atomic mass is 9.95. The molecular weight excluding hydrogens is 240 g/mol. The Hall–Kier alpha value is -1.14. The Balaban J connectivity index is 3.22. The van der Waals surface area contributed by atoms with Crippen LogP contribution in [-0.4, -0.2) is 18.8 Å². The number of ether oxygens (including phenoxy) is 1. The zero-order valence-corrected chi connectivity index (χ0v) is 9.31. The molecule has 1 rings (SSSR count). The zero-order valence-electron chi connectivity index (χ0n) is 9.31. The number of aliphatic hydroxyl groups is 1. The van der Waals surface area contributed by atoms with Crippen molar-refractivity contribution in [3.63, 3.8) is 0 Å². The van der Waals surface area contributed by atoms with E-state index < -0.39 is 23.2 Å². The van der Waals surface area contributed by atoms with Gasteiger partial charge >= 0.3 is 6.18 Å². The minimum atomic E-state index is -4.79. The molecule has 96 valence electrons. The van der Waals surface area contributed by atoms with Gasteiger partial charge in [0.05, 0.1) is 12.2 Å². The second-order valence-corrected chi connectivity index (χ2v) is 3.90. The maximum absolute atomic E-state index is 13.0. The normalized spacial score (nSPS) is 15.7. The lowest BCUT2D eigenvalue weighted by molar-refractivity contribution is -0.140. The summed E-state index contributed by atoms with van der Waals surface area (Å²) in [4.78, 5) is 0. The van der Waals surface area contributed by atoms with Gasteiger partial charge in [0.2, 0.25) is 0 Å². The van der Waals surface area contributed by atoms with Crippen LogP contribution in [-0.2, 0) is 16.5 Å². The summed E-state index contributed by atoms with van der Waals surface area (Å²) in [5, 5.41) is 9.85. The highest BCUT2D eigenvalue weighted by molar-refractivity contribution is 5.31. The first-order chi connectivity index (χ1) is 7.68. The molecule has 2 nitrogen and oxygen atoms in total. The van der Waals surface area contributed by atoms with Crippen molar-refractivity contribution in [2.45, 2.75) is 18.7 Å². The van der Waals surface area contributed by atoms with Crippen LogP contribution in [0, 0.1) is 5.82 Å². The van der Waals surface area contributed by atoms with Crippen LogP contribution >= 0.6 is 0 Å². The van der Waals surface area contributed by atoms with Crippen LogP contribution in [0.2, 0.25) is 0 Å². The van der Waals surface area contributed by atoms with Crippen LogP contribution in [0.15, 0.2) is 18.2 Å². The SMILES string of the molecule is COCC(C)(O)c1ccc(F)c(C(F)(F)F)c1. The first kappa shape index (κ1) is 13.9. The maximum atomic E-state index is 13.0. The number of hydrogen-bond donors (Lipinski definition) is 1. The molecule has 1 aromatic rings. The van der Waals surface area contributed by atoms with Crippen molar-refractivity contribution in [1.29, 1.82) is 0 Å². The van der Waals surface area contributed by atoms with Gasteiger partial charge in [0.1, 0.15) is 11.4 Å². The van der Waals surface area contributed by atoms with Gasteiger partial charge in [0, 0.05) is 7.11 Å². The summed E-state index contributed by atoms with van der Waals surface area (Å²) >= 11 is 0. The van der Waals surface area contributed by atoms with Crippen molar-refractivity contribution in [3.05, 3.63) is 35.1 Å². The molecule has 0 aromatic heterocycles. The number of benzene rings is 1. The monoisotopic (exact) mass is 252 g/mol. The standard InChI is InChI=1S/C11H12F4O2/c1-10(16,6-17-2)7-3-4-9(12)8(5-7)11(13,14)15/h3-5,16H,6H2,1-2H3. The summed E-state index contributed by atoms with van der Waals surface area (Å²) in [7, 11) is 1.31. The van der Waals surface area contributed by atoms with E-state index in [9.17, 15) is 22.7 Å². The average molecular weight is 252 g/mol. The van der Waals surface area contributed by atoms with Crippen molar-refractivity contribution >= 4 is 0 Å². The minimum Gasteiger partial charge on any atom is -0.383 e. The highest BCUT2D eigenvalue weighted by Crippen LogP contribution is 2.34. The molecule has 0 heterocycles. The van der Waals surface area contributed by atoms with E-state index in [1.807, 2.05) is 0 Å². The van der Waals surface area contributed by atoms with Crippen LogP contribution in [0.1, 0.15) is 18.1 Å². The summed E-state index contributed by atoms with van der Waals surface area (Å²) in [5.74, 6) is -1.37. The number of hydrogen-bond acceptors (Lipinski definition) is 2. The van der Waals surface area contributed by atoms with Crippen LogP contribution < -0.4 is 0 Å². The zero-order chi connectivity index (χ0) is 13.3. The second kappa shape index (κ2) is 4.62. The van der Waals surface area contributed by atoms with E-state index in [1.54, 1.807) is 0 Å². The molecule has 0 aliphatic rings. The molecule has 0 spiro atoms. The molecule has 0 saturated heterocycles. The minimum absolute atomic E-state index is 0.0481. The molecule has 0 bridgehead atoms. The topological polar surface area (TPSA) is 29.5 Å². The molecule has 0 radical (unpaired) electrons. The highest BCUT2D eigenvalue weighted by Gasteiger charge is 2.36. The number of rotatable bonds is 3. The van der Waals surface area contributed by atoms with Gasteiger partial charge < -0.3 is 9.84 Å². The van der Waals surface area contributed by atoms with Crippen LogP contribution in [0.5, 0.6) is 0 Å². The molecule has 0 fully saturated rings. The molecule has 1 unspecified atom stereocenters. The van der Waals surface area contributed by atoms with E-state index in [0.717, 1.165) is 6.07 Å². The molecule has 6 heteroatoms. The summed E-state index contributed by atoms with van der Waals surface area (Å²) in [6, 6.07) is 2.38. The van der Waals surface area contributed by atoms with Gasteiger partial charge in [0.25, 0.3) is 0 Å². The Bertz CT molecular complexity index is 399. The molecule has 0 saturated carbocycles. The smallest absolute Gasteiger partial charge is 0.383 e. The molecule has 17 heavy (non-hydrogen) atoms. The van der Waals surface area contributed by atoms with Crippen LogP contribution in [0.4, 0.5) is 17.6 Å². The average Bonchev–Trinajstić information content (AvgIpc) is 2.15. The Morgan fingerprint density at radius 3 is 2.35 bits per heavy atom. The highest BCUT2D eigenvalue weighted by atomic mass is 19.4. The van der Waals surface area contributed by atoms with E-state index in [0.29, 0.717) is 12.1 Å². The first-order valence-electron chi connectivity index (χ1n) is 4.77. The summed E-state index contributed by atoms with van der Waals surface area (Å²) in [6.07, 6.45) is -4.79. The van der Waals surface area contributed by atoms with Crippen LogP contribution in [0.3, 0.4) is 0 Å². The van der Waals surface area contributed by atoms with Crippen molar-refractivity contribution in [1.82, 2.24) is 0 Å². The van der Waals surface area contributed by atoms with Gasteiger partial charge in [-0.15, -0.1) is 0 Å². The lowest BCUT2D eigenvalue weighted by Crippen LogP contribution is -2.27. The van der Waals surface area contributed by atoms with Gasteiger partial charge in [-0.05, 0) is 24.6 Å². The number of methoxy groups -OCH3 is 1. The van der Waals surface area contributed by atoms with Gasteiger partial charge in [-0.1, -0.05) is 6.07 Å². The quantitative estimate of drug-likeness (QED) is 0.838. The fourth-order valence-electron chi connectivity index (χ4n) is 1.44. The summed E-state index contributed by atoms with van der Waals surface area (Å²) in [6.45, 7) is 1.11. The van der Waals surface area contributed by atoms with Crippen molar-refractivity contribution in [3.8, 4) is 0 Å². The lowest BCUT2D eigenvalue weighted by Gasteiger charge is -2.23. The molecular formula is C11H12F4O2. The predicted molar refractivity (Wildman–Crippen MR) is 52.8 cm³/mol. The maximum Gasteiger partial charge on any atom is 0.419 e. The van der Waals surface area contributed by atoms with E-state index in [2.05, 4.69) is 0 Å². The van der Waals surface area contributed by atoms with E-state index in [4.69, 9.17) is 4.74 Å². The third kappa shape index (κ3) is 3.17. The third-order valence-electron chi connectivity index (χ3n) is 2.32. The molecule has 1 N–H and O–H groups in total. The van der Waals surface area contributed by atoms with E-state index in [1.165, 1.54) is 14.0 Å². The fraction of sp³-hybridized carbons (Fsp3) is 0.455. The first-order valence-corrected chi connectivity index (χ1v) is 4.77. The van der Waals surface area contributed by atoms with Gasteiger partial charge in [-0.2, -0.15) is 13.2 Å². The van der Waals surface area contributed by atoms with Gasteiger partial charge in [0.15, 0.2) is 0 Å².